The van der Waals surface area contributed by atoms with Crippen LogP contribution in [0.2, 0.25) is 0 Å². The third kappa shape index (κ3) is 5.67. The number of hydrogen-bond acceptors (Lipinski definition) is 4. The highest BCUT2D eigenvalue weighted by Crippen LogP contribution is 2.08. The molecule has 0 aliphatic carbocycles. The Morgan fingerprint density at radius 2 is 2.04 bits per heavy atom. The minimum Gasteiger partial charge on any atom is -0.449 e. The molecule has 1 heterocycles. The molecule has 1 amide bonds. The maximum Gasteiger partial charge on any atom is 0.331 e. The number of thiophene rings is 1. The van der Waals surface area contributed by atoms with Crippen LogP contribution in [0, 0.1) is 5.82 Å². The highest BCUT2D eigenvalue weighted by Gasteiger charge is 2.16. The van der Waals surface area contributed by atoms with E-state index in [2.05, 4.69) is 5.32 Å². The van der Waals surface area contributed by atoms with Crippen molar-refractivity contribution in [2.45, 2.75) is 19.6 Å². The van der Waals surface area contributed by atoms with E-state index in [4.69, 9.17) is 4.74 Å². The van der Waals surface area contributed by atoms with Gasteiger partial charge in [0.2, 0.25) is 0 Å². The molecule has 2 rings (SSSR count). The van der Waals surface area contributed by atoms with Crippen LogP contribution < -0.4 is 5.32 Å². The normalized spacial score (nSPS) is 12.1. The number of ether oxygens (including phenoxy) is 1. The second-order valence-corrected chi connectivity index (χ2v) is 5.59. The van der Waals surface area contributed by atoms with Gasteiger partial charge in [0.1, 0.15) is 5.82 Å². The van der Waals surface area contributed by atoms with Gasteiger partial charge in [-0.2, -0.15) is 11.3 Å². The van der Waals surface area contributed by atoms with Gasteiger partial charge < -0.3 is 10.1 Å². The fraction of sp³-hybridized carbons (Fsp3) is 0.176. The summed E-state index contributed by atoms with van der Waals surface area (Å²) in [5.74, 6) is -1.33. The number of carbonyl (C=O) groups excluding carboxylic acids is 2. The van der Waals surface area contributed by atoms with Crippen molar-refractivity contribution in [1.29, 1.82) is 0 Å². The van der Waals surface area contributed by atoms with Gasteiger partial charge >= 0.3 is 5.97 Å². The second-order valence-electron chi connectivity index (χ2n) is 4.81. The van der Waals surface area contributed by atoms with Crippen molar-refractivity contribution in [3.05, 3.63) is 64.1 Å². The molecule has 0 aliphatic heterocycles. The van der Waals surface area contributed by atoms with Crippen LogP contribution in [0.5, 0.6) is 0 Å². The molecule has 0 bridgehead atoms. The molecule has 0 aliphatic rings. The van der Waals surface area contributed by atoms with Gasteiger partial charge in [0.15, 0.2) is 6.10 Å². The summed E-state index contributed by atoms with van der Waals surface area (Å²) in [5.41, 5.74) is 1.66. The number of benzene rings is 1. The van der Waals surface area contributed by atoms with E-state index < -0.39 is 18.0 Å². The average molecular weight is 333 g/mol. The molecule has 4 nitrogen and oxygen atoms in total. The molecule has 1 aromatic heterocycles. The fourth-order valence-corrected chi connectivity index (χ4v) is 2.36. The van der Waals surface area contributed by atoms with Crippen molar-refractivity contribution >= 4 is 29.3 Å². The third-order valence-corrected chi connectivity index (χ3v) is 3.70. The molecule has 0 spiro atoms. The van der Waals surface area contributed by atoms with Crippen molar-refractivity contribution in [2.24, 2.45) is 0 Å². The van der Waals surface area contributed by atoms with Crippen LogP contribution in [0.15, 0.2) is 47.2 Å². The highest BCUT2D eigenvalue weighted by molar-refractivity contribution is 7.08. The van der Waals surface area contributed by atoms with Gasteiger partial charge in [-0.05, 0) is 53.1 Å². The Labute approximate surface area is 137 Å². The molecular formula is C17H16FNO3S. The van der Waals surface area contributed by atoms with Crippen LogP contribution in [-0.2, 0) is 20.9 Å². The number of rotatable bonds is 6. The predicted molar refractivity (Wildman–Crippen MR) is 87.2 cm³/mol. The molecule has 6 heteroatoms. The Bertz CT molecular complexity index is 680. The van der Waals surface area contributed by atoms with Gasteiger partial charge in [0, 0.05) is 12.6 Å². The molecular weight excluding hydrogens is 317 g/mol. The summed E-state index contributed by atoms with van der Waals surface area (Å²) >= 11 is 1.52. The van der Waals surface area contributed by atoms with Crippen LogP contribution >= 0.6 is 11.3 Å². The Kier molecular flexibility index (Phi) is 6.05. The van der Waals surface area contributed by atoms with E-state index in [-0.39, 0.29) is 12.4 Å². The van der Waals surface area contributed by atoms with Gasteiger partial charge in [-0.3, -0.25) is 4.79 Å². The van der Waals surface area contributed by atoms with E-state index in [1.807, 2.05) is 16.8 Å². The lowest BCUT2D eigenvalue weighted by molar-refractivity contribution is -0.150. The van der Waals surface area contributed by atoms with Crippen LogP contribution in [0.1, 0.15) is 18.1 Å². The predicted octanol–water partition coefficient (Wildman–Crippen LogP) is 3.15. The van der Waals surface area contributed by atoms with Gasteiger partial charge in [-0.25, -0.2) is 9.18 Å². The first-order chi connectivity index (χ1) is 11.0. The van der Waals surface area contributed by atoms with Gasteiger partial charge in [-0.15, -0.1) is 0 Å². The first kappa shape index (κ1) is 16.9. The number of nitrogens with one attached hydrogen (secondary N) is 1. The summed E-state index contributed by atoms with van der Waals surface area (Å²) in [6.45, 7) is 1.74. The molecule has 0 unspecified atom stereocenters. The zero-order chi connectivity index (χ0) is 16.7. The maximum atomic E-state index is 12.8. The highest BCUT2D eigenvalue weighted by atomic mass is 32.1. The summed E-state index contributed by atoms with van der Waals surface area (Å²) in [6, 6.07) is 7.67. The van der Waals surface area contributed by atoms with Crippen molar-refractivity contribution in [1.82, 2.24) is 5.32 Å². The topological polar surface area (TPSA) is 55.4 Å². The van der Waals surface area contributed by atoms with Crippen LogP contribution in [-0.4, -0.2) is 18.0 Å². The first-order valence-corrected chi connectivity index (χ1v) is 7.92. The lowest BCUT2D eigenvalue weighted by atomic mass is 10.2. The smallest absolute Gasteiger partial charge is 0.331 e. The molecule has 0 saturated heterocycles. The molecule has 0 saturated carbocycles. The summed E-state index contributed by atoms with van der Waals surface area (Å²) in [5, 5.41) is 6.42. The lowest BCUT2D eigenvalue weighted by Gasteiger charge is -2.12. The van der Waals surface area contributed by atoms with Crippen molar-refractivity contribution in [3.63, 3.8) is 0 Å². The number of hydrogen-bond donors (Lipinski definition) is 1. The SMILES string of the molecule is C[C@@H](OC(=O)/C=C/c1ccsc1)C(=O)NCc1ccc(F)cc1. The number of carbonyl (C=O) groups is 2. The molecule has 1 aromatic carbocycles. The summed E-state index contributed by atoms with van der Waals surface area (Å²) < 4.78 is 17.8. The van der Waals surface area contributed by atoms with Crippen LogP contribution in [0.3, 0.4) is 0 Å². The van der Waals surface area contributed by atoms with Crippen LogP contribution in [0.4, 0.5) is 4.39 Å². The summed E-state index contributed by atoms with van der Waals surface area (Å²) in [7, 11) is 0. The van der Waals surface area contributed by atoms with Crippen LogP contribution in [0.25, 0.3) is 6.08 Å². The average Bonchev–Trinajstić information content (AvgIpc) is 3.05. The van der Waals surface area contributed by atoms with E-state index in [9.17, 15) is 14.0 Å². The monoisotopic (exact) mass is 333 g/mol. The maximum absolute atomic E-state index is 12.8. The molecule has 2 aromatic rings. The zero-order valence-electron chi connectivity index (χ0n) is 12.5. The van der Waals surface area contributed by atoms with Gasteiger partial charge in [0.25, 0.3) is 5.91 Å². The van der Waals surface area contributed by atoms with Gasteiger partial charge in [0.05, 0.1) is 0 Å². The Morgan fingerprint density at radius 1 is 1.30 bits per heavy atom. The Hall–Kier alpha value is -2.47. The summed E-state index contributed by atoms with van der Waals surface area (Å²) in [4.78, 5) is 23.5. The van der Waals surface area contributed by atoms with Gasteiger partial charge in [-0.1, -0.05) is 12.1 Å². The molecule has 1 atom stereocenters. The molecule has 120 valence electrons. The largest absolute Gasteiger partial charge is 0.449 e. The number of esters is 1. The van der Waals surface area contributed by atoms with E-state index in [0.29, 0.717) is 0 Å². The van der Waals surface area contributed by atoms with E-state index in [1.165, 1.54) is 36.5 Å². The minimum absolute atomic E-state index is 0.242. The third-order valence-electron chi connectivity index (χ3n) is 3.00. The molecule has 1 N–H and O–H groups in total. The Morgan fingerprint density at radius 3 is 2.70 bits per heavy atom. The Balaban J connectivity index is 1.77. The first-order valence-electron chi connectivity index (χ1n) is 6.97. The zero-order valence-corrected chi connectivity index (χ0v) is 13.3. The van der Waals surface area contributed by atoms with Crippen molar-refractivity contribution in [3.8, 4) is 0 Å². The van der Waals surface area contributed by atoms with Crippen molar-refractivity contribution in [2.75, 3.05) is 0 Å². The van der Waals surface area contributed by atoms with Crippen molar-refractivity contribution < 1.29 is 18.7 Å². The van der Waals surface area contributed by atoms with E-state index >= 15 is 0 Å². The minimum atomic E-state index is -0.907. The quantitative estimate of drug-likeness (QED) is 0.653. The van der Waals surface area contributed by atoms with E-state index in [0.717, 1.165) is 11.1 Å². The van der Waals surface area contributed by atoms with E-state index in [1.54, 1.807) is 18.2 Å². The molecule has 23 heavy (non-hydrogen) atoms. The standard InChI is InChI=1S/C17H16FNO3S/c1-12(22-16(20)7-4-14-8-9-23-11-14)17(21)19-10-13-2-5-15(18)6-3-13/h2-9,11-12H,10H2,1H3,(H,19,21)/b7-4+/t12-/m1/s1. The summed E-state index contributed by atoms with van der Waals surface area (Å²) in [6.07, 6.45) is 2.00. The number of amides is 1. The molecule has 0 fully saturated rings. The fourth-order valence-electron chi connectivity index (χ4n) is 1.74. The number of halogens is 1. The lowest BCUT2D eigenvalue weighted by Crippen LogP contribution is -2.35. The second kappa shape index (κ2) is 8.24. The molecule has 0 radical (unpaired) electrons.